The number of aromatic carboxylic acids is 2. The van der Waals surface area contributed by atoms with E-state index in [0.717, 1.165) is 142 Å². The van der Waals surface area contributed by atoms with Crippen molar-refractivity contribution in [1.82, 2.24) is 10.6 Å². The predicted molar refractivity (Wildman–Crippen MR) is 484 cm³/mol. The van der Waals surface area contributed by atoms with E-state index in [1.54, 1.807) is 72.8 Å². The first-order valence-electron chi connectivity index (χ1n) is 43.6. The third kappa shape index (κ3) is 21.2. The molecular weight excluding hydrogens is 1520 g/mol. The predicted octanol–water partition coefficient (Wildman–Crippen LogP) is 22.1. The zero-order chi connectivity index (χ0) is 87.0. The number of carbonyl (C=O) groups is 6. The zero-order valence-corrected chi connectivity index (χ0v) is 73.0. The van der Waals surface area contributed by atoms with Gasteiger partial charge in [0, 0.05) is 60.3 Å². The summed E-state index contributed by atoms with van der Waals surface area (Å²) in [5.41, 5.74) is 15.7. The van der Waals surface area contributed by atoms with E-state index in [9.17, 15) is 49.2 Å². The highest BCUT2D eigenvalue weighted by Gasteiger charge is 2.38. The molecule has 10 aromatic rings. The van der Waals surface area contributed by atoms with E-state index in [1.807, 2.05) is 60.7 Å². The van der Waals surface area contributed by atoms with E-state index < -0.39 is 35.8 Å². The van der Waals surface area contributed by atoms with Crippen LogP contribution in [-0.4, -0.2) is 81.3 Å². The molecule has 2 atom stereocenters. The molecule has 4 amide bonds. The lowest BCUT2D eigenvalue weighted by Crippen LogP contribution is -2.47. The lowest BCUT2D eigenvalue weighted by atomic mass is 9.77. The van der Waals surface area contributed by atoms with Crippen molar-refractivity contribution >= 4 is 46.9 Å². The van der Waals surface area contributed by atoms with Crippen LogP contribution in [0.5, 0.6) is 23.0 Å². The SMILES string of the molecule is CC(C)(C)c1cc2c(O)c(c1)Cc1cc(C(C)(C)C)cc(c1CCCOc1ccc(C(C(=O)NC3CCCCC3)N(C(=O)c3ccccc3)c3ccc(C(=O)O)cc3)cc1)Cc1cc(C(C)(C)C)cc(c1O)Cc1cc(C(C)(C)C)cc(c1CCCOc1ccc(C(C(=O)NC3CCCCC3)N(C(=O)c3ccccc3)c3ccc(C(=O)O)cc3)cc1)C2. The summed E-state index contributed by atoms with van der Waals surface area (Å²) in [6.45, 7) is 27.3. The Morgan fingerprint density at radius 2 is 0.639 bits per heavy atom. The molecule has 0 radical (unpaired) electrons. The number of hydrogen-bond acceptors (Lipinski definition) is 10. The minimum absolute atomic E-state index is 0.0494. The van der Waals surface area contributed by atoms with Crippen molar-refractivity contribution in [2.24, 2.45) is 0 Å². The van der Waals surface area contributed by atoms with Gasteiger partial charge in [-0.3, -0.25) is 29.0 Å². The monoisotopic (exact) mass is 1640 g/mol. The number of fused-ring (bicyclic) bond motifs is 8. The van der Waals surface area contributed by atoms with Crippen LogP contribution < -0.4 is 29.9 Å². The summed E-state index contributed by atoms with van der Waals surface area (Å²) in [6.07, 6.45) is 13.4. The topological polar surface area (TPSA) is 232 Å². The molecule has 0 aliphatic heterocycles. The molecule has 6 N–H and O–H groups in total. The summed E-state index contributed by atoms with van der Waals surface area (Å²) in [5.74, 6) is -2.11. The van der Waals surface area contributed by atoms with E-state index in [-0.39, 0.29) is 68.2 Å². The van der Waals surface area contributed by atoms with Crippen LogP contribution in [0.1, 0.15) is 303 Å². The van der Waals surface area contributed by atoms with Crippen LogP contribution in [-0.2, 0) is 69.8 Å². The van der Waals surface area contributed by atoms with Crippen LogP contribution in [0.2, 0.25) is 0 Å². The minimum Gasteiger partial charge on any atom is -0.507 e. The quantitative estimate of drug-likeness (QED) is 0.0310. The number of ether oxygens (including phenoxy) is 2. The smallest absolute Gasteiger partial charge is 0.335 e. The molecule has 0 aromatic heterocycles. The van der Waals surface area contributed by atoms with Gasteiger partial charge in [-0.15, -0.1) is 0 Å². The summed E-state index contributed by atoms with van der Waals surface area (Å²) in [4.78, 5) is 86.9. The average Bonchev–Trinajstić information content (AvgIpc) is 0.759. The van der Waals surface area contributed by atoms with Crippen molar-refractivity contribution in [2.75, 3.05) is 23.0 Å². The number of nitrogens with one attached hydrogen (secondary N) is 2. The van der Waals surface area contributed by atoms with Gasteiger partial charge in [0.15, 0.2) is 0 Å². The first-order valence-corrected chi connectivity index (χ1v) is 43.6. The third-order valence-electron chi connectivity index (χ3n) is 24.6. The van der Waals surface area contributed by atoms with Crippen molar-refractivity contribution in [3.8, 4) is 23.0 Å². The fourth-order valence-electron chi connectivity index (χ4n) is 17.5. The molecule has 0 spiro atoms. The maximum Gasteiger partial charge on any atom is 0.335 e. The summed E-state index contributed by atoms with van der Waals surface area (Å²) in [7, 11) is 0. The number of carbonyl (C=O) groups excluding carboxylic acids is 4. The lowest BCUT2D eigenvalue weighted by molar-refractivity contribution is -0.124. The number of hydrogen-bond donors (Lipinski definition) is 6. The van der Waals surface area contributed by atoms with E-state index in [4.69, 9.17) is 9.47 Å². The highest BCUT2D eigenvalue weighted by molar-refractivity contribution is 6.11. The number of nitrogens with zero attached hydrogens (tertiary/aromatic N) is 2. The van der Waals surface area contributed by atoms with Crippen molar-refractivity contribution < 1.29 is 58.7 Å². The summed E-state index contributed by atoms with van der Waals surface area (Å²) < 4.78 is 13.4. The van der Waals surface area contributed by atoms with Gasteiger partial charge in [0.05, 0.1) is 24.3 Å². The summed E-state index contributed by atoms with van der Waals surface area (Å²) >= 11 is 0. The van der Waals surface area contributed by atoms with E-state index in [0.29, 0.717) is 110 Å². The van der Waals surface area contributed by atoms with Gasteiger partial charge in [0.2, 0.25) is 11.8 Å². The number of amides is 4. The van der Waals surface area contributed by atoms with Gasteiger partial charge in [-0.05, 0) is 259 Å². The van der Waals surface area contributed by atoms with Gasteiger partial charge >= 0.3 is 11.9 Å². The lowest BCUT2D eigenvalue weighted by Gasteiger charge is -2.33. The molecule has 10 aromatic carbocycles. The molecule has 8 bridgehead atoms. The van der Waals surface area contributed by atoms with E-state index in [1.165, 1.54) is 34.1 Å². The Balaban J connectivity index is 0.829. The molecule has 13 rings (SSSR count). The highest BCUT2D eigenvalue weighted by Crippen LogP contribution is 2.44. The van der Waals surface area contributed by atoms with Gasteiger partial charge in [0.25, 0.3) is 11.8 Å². The first kappa shape index (κ1) is 88.0. The van der Waals surface area contributed by atoms with Gasteiger partial charge in [-0.2, -0.15) is 0 Å². The molecule has 3 aliphatic carbocycles. The van der Waals surface area contributed by atoms with Crippen molar-refractivity contribution in [2.45, 2.75) is 244 Å². The highest BCUT2D eigenvalue weighted by atomic mass is 16.5. The van der Waals surface area contributed by atoms with Gasteiger partial charge in [-0.25, -0.2) is 9.59 Å². The Kier molecular flexibility index (Phi) is 27.2. The molecule has 2 saturated carbocycles. The normalized spacial score (nSPS) is 14.7. The van der Waals surface area contributed by atoms with Crippen molar-refractivity contribution in [3.05, 3.63) is 318 Å². The number of aromatic hydroxyl groups is 2. The van der Waals surface area contributed by atoms with E-state index in [2.05, 4.69) is 142 Å². The fraction of sp³-hybridized carbons (Fsp3) is 0.377. The second-order valence-corrected chi connectivity index (χ2v) is 37.9. The summed E-state index contributed by atoms with van der Waals surface area (Å²) in [6, 6.07) is 60.0. The maximum atomic E-state index is 15.0. The molecular formula is C106H120N4O12. The Bertz CT molecular complexity index is 4970. The van der Waals surface area contributed by atoms with Crippen LogP contribution in [0.25, 0.3) is 0 Å². The Labute approximate surface area is 720 Å². The fourth-order valence-corrected chi connectivity index (χ4v) is 17.5. The van der Waals surface area contributed by atoms with Crippen LogP contribution in [0.3, 0.4) is 0 Å². The molecule has 16 heteroatoms. The standard InChI is InChI=1S/C106H120N4O12/c1-103(2,3)81-59-73-55-77-63-83(105(7,8)9)65-79(95(77)111)57-75-61-82(104(4,5)6)62-76(92(75)36-26-54-122-90-51-43-68(44-52-90)94(98(114)108-86-33-23-16-24-34-86)110(100(116)70-29-19-14-20-30-70)88-47-39-72(40-48-88)102(119)120)58-80-66-84(106(10,11)12)64-78(96(80)112)56-74(60-81)91(73)35-25-53-121-89-49-41-67(42-50-89)93(97(113)107-85-31-21-15-22-32-85)109(99(115)69-27-17-13-18-28-69)87-45-37-71(38-46-87)101(117)118/h13-14,17-20,27-30,37-52,59-66,85-86,93-94,111-112H,15-16,21-26,31-36,53-58H2,1-12H3,(H,107,113)(H,108,114)(H,117,118)(H,119,120). The van der Waals surface area contributed by atoms with Gasteiger partial charge in [-0.1, -0.05) is 231 Å². The molecule has 2 unspecified atom stereocenters. The first-order chi connectivity index (χ1) is 58.1. The Hall–Kier alpha value is -11.8. The molecule has 3 aliphatic rings. The van der Waals surface area contributed by atoms with Crippen LogP contribution in [0.4, 0.5) is 11.4 Å². The molecule has 0 saturated heterocycles. The molecule has 0 heterocycles. The largest absolute Gasteiger partial charge is 0.507 e. The molecule has 122 heavy (non-hydrogen) atoms. The zero-order valence-electron chi connectivity index (χ0n) is 73.0. The van der Waals surface area contributed by atoms with Gasteiger partial charge in [0.1, 0.15) is 35.1 Å². The average molecular weight is 1640 g/mol. The maximum absolute atomic E-state index is 15.0. The number of anilines is 2. The minimum atomic E-state index is -1.14. The number of carboxylic acid groups (broad SMARTS) is 2. The number of rotatable bonds is 24. The Morgan fingerprint density at radius 1 is 0.361 bits per heavy atom. The number of benzene rings is 10. The second-order valence-electron chi connectivity index (χ2n) is 37.9. The third-order valence-corrected chi connectivity index (χ3v) is 24.6. The summed E-state index contributed by atoms with van der Waals surface area (Å²) in [5, 5.41) is 53.0. The van der Waals surface area contributed by atoms with Gasteiger partial charge < -0.3 is 40.5 Å². The van der Waals surface area contributed by atoms with Crippen LogP contribution in [0, 0.1) is 0 Å². The number of carboxylic acids is 2. The second kappa shape index (κ2) is 37.7. The Morgan fingerprint density at radius 3 is 0.910 bits per heavy atom. The van der Waals surface area contributed by atoms with Crippen molar-refractivity contribution in [1.29, 1.82) is 0 Å². The van der Waals surface area contributed by atoms with Crippen LogP contribution >= 0.6 is 0 Å². The molecule has 636 valence electrons. The number of phenolic OH excluding ortho intramolecular Hbond substituents is 2. The van der Waals surface area contributed by atoms with Crippen LogP contribution in [0.15, 0.2) is 206 Å². The molecule has 2 fully saturated rings. The van der Waals surface area contributed by atoms with E-state index >= 15 is 0 Å². The van der Waals surface area contributed by atoms with Crippen molar-refractivity contribution in [3.63, 3.8) is 0 Å². The number of phenols is 2. The molecule has 16 nitrogen and oxygen atoms in total.